The average molecular weight is 290 g/mol. The van der Waals surface area contributed by atoms with Crippen molar-refractivity contribution in [2.75, 3.05) is 6.61 Å². The maximum atomic E-state index is 12.1. The molecular weight excluding hydrogens is 264 g/mol. The van der Waals surface area contributed by atoms with Crippen molar-refractivity contribution >= 4 is 5.78 Å². The van der Waals surface area contributed by atoms with Gasteiger partial charge in [0.15, 0.2) is 0 Å². The molecule has 1 atom stereocenters. The highest BCUT2D eigenvalue weighted by atomic mass is 16.5. The molecule has 0 radical (unpaired) electrons. The normalized spacial score (nSPS) is 24.1. The molecule has 2 fully saturated rings. The van der Waals surface area contributed by atoms with Gasteiger partial charge in [0.2, 0.25) is 0 Å². The molecule has 0 amide bonds. The van der Waals surface area contributed by atoms with Gasteiger partial charge in [-0.25, -0.2) is 0 Å². The molecule has 1 aromatic rings. The van der Waals surface area contributed by atoms with E-state index in [2.05, 4.69) is 16.0 Å². The lowest BCUT2D eigenvalue weighted by Gasteiger charge is -2.22. The van der Waals surface area contributed by atoms with E-state index in [9.17, 15) is 4.79 Å². The lowest BCUT2D eigenvalue weighted by molar-refractivity contribution is -0.122. The van der Waals surface area contributed by atoms with Gasteiger partial charge in [-0.05, 0) is 38.2 Å². The summed E-state index contributed by atoms with van der Waals surface area (Å²) in [5.74, 6) is 0.260. The van der Waals surface area contributed by atoms with Gasteiger partial charge in [-0.2, -0.15) is 5.10 Å². The SMILES string of the molecule is O=C(Cc1ccn(C2CCCCC2)n1)CC1CCCCO1. The Balaban J connectivity index is 1.50. The summed E-state index contributed by atoms with van der Waals surface area (Å²) in [5, 5.41) is 4.62. The minimum atomic E-state index is 0.145. The molecule has 4 heteroatoms. The molecule has 1 saturated heterocycles. The van der Waals surface area contributed by atoms with Crippen LogP contribution in [-0.2, 0) is 16.0 Å². The zero-order valence-electron chi connectivity index (χ0n) is 12.8. The van der Waals surface area contributed by atoms with Crippen LogP contribution in [0.1, 0.15) is 69.5 Å². The monoisotopic (exact) mass is 290 g/mol. The molecular formula is C17H26N2O2. The van der Waals surface area contributed by atoms with Crippen LogP contribution in [0.2, 0.25) is 0 Å². The first-order valence-corrected chi connectivity index (χ1v) is 8.48. The molecule has 21 heavy (non-hydrogen) atoms. The van der Waals surface area contributed by atoms with Crippen molar-refractivity contribution < 1.29 is 9.53 Å². The van der Waals surface area contributed by atoms with Gasteiger partial charge in [0.05, 0.1) is 24.3 Å². The van der Waals surface area contributed by atoms with E-state index in [4.69, 9.17) is 4.74 Å². The molecule has 2 heterocycles. The first kappa shape index (κ1) is 14.8. The summed E-state index contributed by atoms with van der Waals surface area (Å²) in [4.78, 5) is 12.1. The fourth-order valence-electron chi connectivity index (χ4n) is 3.52. The predicted molar refractivity (Wildman–Crippen MR) is 81.3 cm³/mol. The predicted octanol–water partition coefficient (Wildman–Crippen LogP) is 3.46. The van der Waals surface area contributed by atoms with Gasteiger partial charge in [0.1, 0.15) is 5.78 Å². The van der Waals surface area contributed by atoms with Gasteiger partial charge in [-0.15, -0.1) is 0 Å². The van der Waals surface area contributed by atoms with Crippen molar-refractivity contribution in [3.63, 3.8) is 0 Å². The summed E-state index contributed by atoms with van der Waals surface area (Å²) in [6, 6.07) is 2.55. The van der Waals surface area contributed by atoms with Gasteiger partial charge in [0.25, 0.3) is 0 Å². The number of Topliss-reactive ketones (excluding diaryl/α,β-unsaturated/α-hetero) is 1. The summed E-state index contributed by atoms with van der Waals surface area (Å²) in [5.41, 5.74) is 0.918. The Kier molecular flexibility index (Phi) is 5.07. The summed E-state index contributed by atoms with van der Waals surface area (Å²) in [6.07, 6.45) is 13.0. The third-order valence-electron chi connectivity index (χ3n) is 4.72. The van der Waals surface area contributed by atoms with Crippen LogP contribution in [0.3, 0.4) is 0 Å². The summed E-state index contributed by atoms with van der Waals surface area (Å²) < 4.78 is 7.72. The highest BCUT2D eigenvalue weighted by Gasteiger charge is 2.19. The van der Waals surface area contributed by atoms with Crippen LogP contribution in [0.25, 0.3) is 0 Å². The molecule has 1 saturated carbocycles. The van der Waals surface area contributed by atoms with Gasteiger partial charge >= 0.3 is 0 Å². The molecule has 1 aliphatic heterocycles. The van der Waals surface area contributed by atoms with Gasteiger partial charge in [0, 0.05) is 19.2 Å². The summed E-state index contributed by atoms with van der Waals surface area (Å²) in [6.45, 7) is 0.814. The zero-order chi connectivity index (χ0) is 14.5. The number of carbonyl (C=O) groups is 1. The zero-order valence-corrected chi connectivity index (χ0v) is 12.8. The first-order chi connectivity index (χ1) is 10.3. The molecule has 2 aliphatic rings. The van der Waals surface area contributed by atoms with E-state index in [1.165, 1.54) is 38.5 Å². The number of nitrogens with zero attached hydrogens (tertiary/aromatic N) is 2. The quantitative estimate of drug-likeness (QED) is 0.834. The van der Waals surface area contributed by atoms with E-state index >= 15 is 0 Å². The minimum absolute atomic E-state index is 0.145. The average Bonchev–Trinajstić information content (AvgIpc) is 2.97. The molecule has 1 unspecified atom stereocenters. The molecule has 0 bridgehead atoms. The van der Waals surface area contributed by atoms with Crippen molar-refractivity contribution in [1.29, 1.82) is 0 Å². The van der Waals surface area contributed by atoms with E-state index in [0.717, 1.165) is 25.1 Å². The van der Waals surface area contributed by atoms with Crippen LogP contribution < -0.4 is 0 Å². The van der Waals surface area contributed by atoms with Crippen LogP contribution in [-0.4, -0.2) is 28.3 Å². The topological polar surface area (TPSA) is 44.1 Å². The Labute approximate surface area is 126 Å². The van der Waals surface area contributed by atoms with Crippen molar-refractivity contribution in [1.82, 2.24) is 9.78 Å². The molecule has 1 aliphatic carbocycles. The molecule has 3 rings (SSSR count). The molecule has 0 N–H and O–H groups in total. The van der Waals surface area contributed by atoms with Crippen LogP contribution in [0.5, 0.6) is 0 Å². The number of ketones is 1. The Morgan fingerprint density at radius 2 is 2.00 bits per heavy atom. The van der Waals surface area contributed by atoms with Crippen LogP contribution in [0.15, 0.2) is 12.3 Å². The maximum Gasteiger partial charge on any atom is 0.141 e. The number of rotatable bonds is 5. The largest absolute Gasteiger partial charge is 0.378 e. The molecule has 0 aromatic carbocycles. The second kappa shape index (κ2) is 7.21. The third kappa shape index (κ3) is 4.16. The Bertz CT molecular complexity index is 457. The second-order valence-electron chi connectivity index (χ2n) is 6.49. The number of aromatic nitrogens is 2. The van der Waals surface area contributed by atoms with E-state index in [-0.39, 0.29) is 11.9 Å². The van der Waals surface area contributed by atoms with Gasteiger partial charge < -0.3 is 4.74 Å². The standard InChI is InChI=1S/C17H26N2O2/c20-16(13-17-8-4-5-11-21-17)12-14-9-10-19(18-14)15-6-2-1-3-7-15/h9-10,15,17H,1-8,11-13H2. The highest BCUT2D eigenvalue weighted by Crippen LogP contribution is 2.27. The van der Waals surface area contributed by atoms with E-state index in [1.54, 1.807) is 0 Å². The molecule has 4 nitrogen and oxygen atoms in total. The first-order valence-electron chi connectivity index (χ1n) is 8.48. The fraction of sp³-hybridized carbons (Fsp3) is 0.765. The van der Waals surface area contributed by atoms with Crippen molar-refractivity contribution in [3.05, 3.63) is 18.0 Å². The number of hydrogen-bond acceptors (Lipinski definition) is 3. The number of hydrogen-bond donors (Lipinski definition) is 0. The lowest BCUT2D eigenvalue weighted by atomic mass is 9.96. The molecule has 1 aromatic heterocycles. The van der Waals surface area contributed by atoms with Crippen LogP contribution >= 0.6 is 0 Å². The van der Waals surface area contributed by atoms with Crippen LogP contribution in [0.4, 0.5) is 0 Å². The second-order valence-corrected chi connectivity index (χ2v) is 6.49. The fourth-order valence-corrected chi connectivity index (χ4v) is 3.52. The maximum absolute atomic E-state index is 12.1. The minimum Gasteiger partial charge on any atom is -0.378 e. The smallest absolute Gasteiger partial charge is 0.141 e. The number of carbonyl (C=O) groups excluding carboxylic acids is 1. The summed E-state index contributed by atoms with van der Waals surface area (Å²) >= 11 is 0. The van der Waals surface area contributed by atoms with Crippen molar-refractivity contribution in [2.24, 2.45) is 0 Å². The molecule has 0 spiro atoms. The van der Waals surface area contributed by atoms with Crippen molar-refractivity contribution in [2.45, 2.75) is 76.4 Å². The Hall–Kier alpha value is -1.16. The van der Waals surface area contributed by atoms with Gasteiger partial charge in [-0.1, -0.05) is 19.3 Å². The van der Waals surface area contributed by atoms with E-state index in [1.807, 2.05) is 6.07 Å². The van der Waals surface area contributed by atoms with Gasteiger partial charge in [-0.3, -0.25) is 9.48 Å². The molecule has 116 valence electrons. The highest BCUT2D eigenvalue weighted by molar-refractivity contribution is 5.80. The third-order valence-corrected chi connectivity index (χ3v) is 4.72. The number of ether oxygens (including phenoxy) is 1. The van der Waals surface area contributed by atoms with Crippen molar-refractivity contribution in [3.8, 4) is 0 Å². The summed E-state index contributed by atoms with van der Waals surface area (Å²) in [7, 11) is 0. The Morgan fingerprint density at radius 3 is 2.76 bits per heavy atom. The lowest BCUT2D eigenvalue weighted by Crippen LogP contribution is -2.23. The van der Waals surface area contributed by atoms with Crippen LogP contribution in [0, 0.1) is 0 Å². The Morgan fingerprint density at radius 1 is 1.19 bits per heavy atom. The van der Waals surface area contributed by atoms with E-state index in [0.29, 0.717) is 18.9 Å². The van der Waals surface area contributed by atoms with E-state index < -0.39 is 0 Å².